The number of para-hydroxylation sites is 2. The lowest BCUT2D eigenvalue weighted by molar-refractivity contribution is -0.117. The van der Waals surface area contributed by atoms with Gasteiger partial charge < -0.3 is 5.32 Å². The molecule has 2 aliphatic rings. The Kier molecular flexibility index (Phi) is 2.21. The van der Waals surface area contributed by atoms with E-state index in [4.69, 9.17) is 0 Å². The number of carbonyl (C=O) groups is 2. The fourth-order valence-electron chi connectivity index (χ4n) is 2.97. The van der Waals surface area contributed by atoms with Crippen molar-refractivity contribution in [1.82, 2.24) is 0 Å². The summed E-state index contributed by atoms with van der Waals surface area (Å²) in [6, 6.07) is 14.4. The van der Waals surface area contributed by atoms with Crippen molar-refractivity contribution in [2.75, 3.05) is 10.2 Å². The molecule has 0 radical (unpaired) electrons. The predicted molar refractivity (Wildman–Crippen MR) is 75.8 cm³/mol. The van der Waals surface area contributed by atoms with Crippen molar-refractivity contribution in [2.24, 2.45) is 0 Å². The van der Waals surface area contributed by atoms with E-state index in [1.54, 1.807) is 17.0 Å². The Morgan fingerprint density at radius 2 is 1.75 bits per heavy atom. The number of rotatable bonds is 0. The van der Waals surface area contributed by atoms with Crippen molar-refractivity contribution >= 4 is 23.2 Å². The number of hydrogen-bond acceptors (Lipinski definition) is 2. The van der Waals surface area contributed by atoms with Gasteiger partial charge in [0.1, 0.15) is 6.04 Å². The first-order valence-corrected chi connectivity index (χ1v) is 6.57. The zero-order chi connectivity index (χ0) is 13.7. The molecule has 2 heterocycles. The molecule has 2 aliphatic heterocycles. The van der Waals surface area contributed by atoms with Gasteiger partial charge in [0.15, 0.2) is 0 Å². The van der Waals surface area contributed by atoms with E-state index in [0.717, 1.165) is 11.3 Å². The molecule has 4 rings (SSSR count). The summed E-state index contributed by atoms with van der Waals surface area (Å²) in [7, 11) is 0. The molecule has 0 saturated carbocycles. The highest BCUT2D eigenvalue weighted by atomic mass is 16.2. The maximum Gasteiger partial charge on any atom is 0.261 e. The summed E-state index contributed by atoms with van der Waals surface area (Å²) in [5, 5.41) is 2.86. The zero-order valence-corrected chi connectivity index (χ0v) is 10.7. The van der Waals surface area contributed by atoms with Crippen molar-refractivity contribution < 1.29 is 9.59 Å². The van der Waals surface area contributed by atoms with E-state index >= 15 is 0 Å². The molecule has 0 unspecified atom stereocenters. The lowest BCUT2D eigenvalue weighted by Crippen LogP contribution is -2.42. The number of nitrogens with one attached hydrogen (secondary N) is 1. The van der Waals surface area contributed by atoms with E-state index in [0.29, 0.717) is 17.7 Å². The molecular weight excluding hydrogens is 252 g/mol. The van der Waals surface area contributed by atoms with Gasteiger partial charge in [0.2, 0.25) is 5.91 Å². The maximum absolute atomic E-state index is 12.8. The van der Waals surface area contributed by atoms with E-state index in [2.05, 4.69) is 5.32 Å². The average molecular weight is 264 g/mol. The number of nitrogens with zero attached hydrogens (tertiary/aromatic N) is 1. The summed E-state index contributed by atoms with van der Waals surface area (Å²) < 4.78 is 0. The smallest absolute Gasteiger partial charge is 0.261 e. The Morgan fingerprint density at radius 1 is 1.00 bits per heavy atom. The van der Waals surface area contributed by atoms with Gasteiger partial charge in [-0.15, -0.1) is 0 Å². The number of hydrogen-bond donors (Lipinski definition) is 1. The van der Waals surface area contributed by atoms with Gasteiger partial charge in [0.05, 0.1) is 11.3 Å². The molecule has 0 aromatic heterocycles. The number of benzene rings is 2. The van der Waals surface area contributed by atoms with Crippen molar-refractivity contribution in [3.8, 4) is 0 Å². The Bertz CT molecular complexity index is 739. The van der Waals surface area contributed by atoms with Crippen LogP contribution in [0.4, 0.5) is 11.4 Å². The van der Waals surface area contributed by atoms with Crippen LogP contribution in [0.25, 0.3) is 0 Å². The van der Waals surface area contributed by atoms with Crippen LogP contribution < -0.4 is 10.2 Å². The molecule has 4 heteroatoms. The molecule has 20 heavy (non-hydrogen) atoms. The number of amides is 2. The van der Waals surface area contributed by atoms with Crippen molar-refractivity contribution in [3.63, 3.8) is 0 Å². The monoisotopic (exact) mass is 264 g/mol. The first kappa shape index (κ1) is 11.2. The third-order valence-electron chi connectivity index (χ3n) is 3.91. The summed E-state index contributed by atoms with van der Waals surface area (Å²) in [5.41, 5.74) is 3.02. The van der Waals surface area contributed by atoms with Crippen LogP contribution >= 0.6 is 0 Å². The van der Waals surface area contributed by atoms with Gasteiger partial charge in [0, 0.05) is 12.1 Å². The number of anilines is 2. The highest BCUT2D eigenvalue weighted by Gasteiger charge is 2.41. The number of carbonyl (C=O) groups excluding carboxylic acids is 2. The van der Waals surface area contributed by atoms with Crippen LogP contribution in [0.5, 0.6) is 0 Å². The molecule has 0 fully saturated rings. The standard InChI is InChI=1S/C16H12N2O2/c19-15-14-9-10-5-1-4-8-13(10)18(14)16(20)11-6-2-3-7-12(11)17-15/h1-8,14H,9H2,(H,17,19)/t14-/m0/s1. The Labute approximate surface area is 116 Å². The van der Waals surface area contributed by atoms with Crippen molar-refractivity contribution in [2.45, 2.75) is 12.5 Å². The van der Waals surface area contributed by atoms with Crippen molar-refractivity contribution in [1.29, 1.82) is 0 Å². The van der Waals surface area contributed by atoms with Crippen LogP contribution in [0.3, 0.4) is 0 Å². The molecule has 2 aromatic rings. The van der Waals surface area contributed by atoms with Gasteiger partial charge in [-0.3, -0.25) is 14.5 Å². The number of fused-ring (bicyclic) bond motifs is 4. The molecule has 0 aliphatic carbocycles. The second-order valence-electron chi connectivity index (χ2n) is 5.06. The Morgan fingerprint density at radius 3 is 2.65 bits per heavy atom. The third kappa shape index (κ3) is 1.42. The highest BCUT2D eigenvalue weighted by Crippen LogP contribution is 2.36. The normalized spacial score (nSPS) is 19.8. The molecule has 0 spiro atoms. The van der Waals surface area contributed by atoms with Crippen molar-refractivity contribution in [3.05, 3.63) is 59.7 Å². The van der Waals surface area contributed by atoms with E-state index in [1.165, 1.54) is 0 Å². The molecule has 2 amide bonds. The molecule has 1 N–H and O–H groups in total. The lowest BCUT2D eigenvalue weighted by atomic mass is 10.1. The second kappa shape index (κ2) is 3.93. The fraction of sp³-hybridized carbons (Fsp3) is 0.125. The first-order chi connectivity index (χ1) is 9.75. The lowest BCUT2D eigenvalue weighted by Gasteiger charge is -2.21. The highest BCUT2D eigenvalue weighted by molar-refractivity contribution is 6.19. The molecular formula is C16H12N2O2. The predicted octanol–water partition coefficient (Wildman–Crippen LogP) is 2.21. The van der Waals surface area contributed by atoms with E-state index < -0.39 is 6.04 Å². The van der Waals surface area contributed by atoms with Crippen LogP contribution in [0, 0.1) is 0 Å². The first-order valence-electron chi connectivity index (χ1n) is 6.57. The SMILES string of the molecule is O=C1Nc2ccccc2C(=O)N2c3ccccc3C[C@@H]12. The second-order valence-corrected chi connectivity index (χ2v) is 5.06. The van der Waals surface area contributed by atoms with Crippen LogP contribution in [0.2, 0.25) is 0 Å². The van der Waals surface area contributed by atoms with E-state index in [-0.39, 0.29) is 11.8 Å². The molecule has 0 bridgehead atoms. The molecule has 2 aromatic carbocycles. The van der Waals surface area contributed by atoms with Crippen LogP contribution in [-0.2, 0) is 11.2 Å². The Balaban J connectivity index is 1.92. The van der Waals surface area contributed by atoms with Crippen LogP contribution in [0.1, 0.15) is 15.9 Å². The summed E-state index contributed by atoms with van der Waals surface area (Å²) >= 11 is 0. The average Bonchev–Trinajstić information content (AvgIpc) is 2.82. The van der Waals surface area contributed by atoms with Gasteiger partial charge in [-0.1, -0.05) is 30.3 Å². The van der Waals surface area contributed by atoms with Crippen LogP contribution in [-0.4, -0.2) is 17.9 Å². The van der Waals surface area contributed by atoms with Gasteiger partial charge in [0.25, 0.3) is 5.91 Å². The molecule has 0 saturated heterocycles. The van der Waals surface area contributed by atoms with Crippen LogP contribution in [0.15, 0.2) is 48.5 Å². The van der Waals surface area contributed by atoms with Gasteiger partial charge in [-0.05, 0) is 23.8 Å². The zero-order valence-electron chi connectivity index (χ0n) is 10.7. The third-order valence-corrected chi connectivity index (χ3v) is 3.91. The molecule has 4 nitrogen and oxygen atoms in total. The van der Waals surface area contributed by atoms with Gasteiger partial charge in [-0.25, -0.2) is 0 Å². The Hall–Kier alpha value is -2.62. The minimum Gasteiger partial charge on any atom is -0.324 e. The fourth-order valence-corrected chi connectivity index (χ4v) is 2.97. The molecule has 1 atom stereocenters. The van der Waals surface area contributed by atoms with E-state index in [1.807, 2.05) is 36.4 Å². The minimum atomic E-state index is -0.452. The minimum absolute atomic E-state index is 0.117. The summed E-state index contributed by atoms with van der Waals surface area (Å²) in [6.45, 7) is 0. The maximum atomic E-state index is 12.8. The summed E-state index contributed by atoms with van der Waals surface area (Å²) in [6.07, 6.45) is 0.571. The van der Waals surface area contributed by atoms with E-state index in [9.17, 15) is 9.59 Å². The summed E-state index contributed by atoms with van der Waals surface area (Å²) in [4.78, 5) is 26.7. The summed E-state index contributed by atoms with van der Waals surface area (Å²) in [5.74, 6) is -0.242. The quantitative estimate of drug-likeness (QED) is 0.793. The largest absolute Gasteiger partial charge is 0.324 e. The molecule has 98 valence electrons. The van der Waals surface area contributed by atoms with Gasteiger partial charge in [-0.2, -0.15) is 0 Å². The van der Waals surface area contributed by atoms with Gasteiger partial charge >= 0.3 is 0 Å². The topological polar surface area (TPSA) is 49.4 Å².